The first-order chi connectivity index (χ1) is 9.52. The smallest absolute Gasteiger partial charge is 0.137 e. The number of rotatable bonds is 2. The van der Waals surface area contributed by atoms with Gasteiger partial charge in [-0.05, 0) is 68.5 Å². The molecule has 0 saturated carbocycles. The lowest BCUT2D eigenvalue weighted by atomic mass is 9.95. The molecule has 1 radical (unpaired) electrons. The van der Waals surface area contributed by atoms with Gasteiger partial charge in [-0.25, -0.2) is 4.98 Å². The van der Waals surface area contributed by atoms with Crippen LogP contribution in [0.1, 0.15) is 33.5 Å². The zero-order chi connectivity index (χ0) is 14.3. The molecule has 20 heavy (non-hydrogen) atoms. The maximum absolute atomic E-state index is 4.48. The van der Waals surface area contributed by atoms with E-state index < -0.39 is 0 Å². The van der Waals surface area contributed by atoms with Crippen molar-refractivity contribution in [1.82, 2.24) is 9.97 Å². The summed E-state index contributed by atoms with van der Waals surface area (Å²) in [5.41, 5.74) is 8.51. The Morgan fingerprint density at radius 2 is 1.75 bits per heavy atom. The van der Waals surface area contributed by atoms with E-state index in [2.05, 4.69) is 55.9 Å². The monoisotopic (exact) mass is 263 g/mol. The van der Waals surface area contributed by atoms with Gasteiger partial charge < -0.3 is 4.98 Å². The Balaban J connectivity index is 2.00. The van der Waals surface area contributed by atoms with Crippen molar-refractivity contribution in [3.63, 3.8) is 0 Å². The number of aryl methyl sites for hydroxylation is 3. The Bertz CT molecular complexity index is 758. The summed E-state index contributed by atoms with van der Waals surface area (Å²) in [7, 11) is 0. The number of hydrogen-bond donors (Lipinski definition) is 1. The van der Waals surface area contributed by atoms with Gasteiger partial charge in [-0.2, -0.15) is 0 Å². The number of pyridine rings is 1. The van der Waals surface area contributed by atoms with Crippen molar-refractivity contribution < 1.29 is 0 Å². The van der Waals surface area contributed by atoms with Crippen molar-refractivity contribution in [2.24, 2.45) is 0 Å². The number of aromatic nitrogens is 2. The summed E-state index contributed by atoms with van der Waals surface area (Å²) in [6.07, 6.45) is 2.88. The topological polar surface area (TPSA) is 28.7 Å². The molecule has 0 aliphatic heterocycles. The highest BCUT2D eigenvalue weighted by Gasteiger charge is 2.07. The summed E-state index contributed by atoms with van der Waals surface area (Å²) >= 11 is 0. The molecule has 1 N–H and O–H groups in total. The second kappa shape index (κ2) is 4.78. The molecule has 0 saturated heterocycles. The highest BCUT2D eigenvalue weighted by atomic mass is 14.8. The van der Waals surface area contributed by atoms with E-state index in [1.807, 2.05) is 12.3 Å². The number of fused-ring (bicyclic) bond motifs is 1. The first-order valence-electron chi connectivity index (χ1n) is 6.89. The Morgan fingerprint density at radius 1 is 1.05 bits per heavy atom. The minimum atomic E-state index is 0.910. The first-order valence-corrected chi connectivity index (χ1v) is 6.89. The molecule has 101 valence electrons. The summed E-state index contributed by atoms with van der Waals surface area (Å²) in [6.45, 7) is 10.4. The fourth-order valence-electron chi connectivity index (χ4n) is 2.91. The predicted octanol–water partition coefficient (Wildman–Crippen LogP) is 4.26. The average Bonchev–Trinajstić information content (AvgIpc) is 2.73. The van der Waals surface area contributed by atoms with Gasteiger partial charge in [-0.3, -0.25) is 0 Å². The minimum absolute atomic E-state index is 0.910. The van der Waals surface area contributed by atoms with Crippen molar-refractivity contribution >= 4 is 11.0 Å². The number of benzene rings is 1. The summed E-state index contributed by atoms with van der Waals surface area (Å²) in [5.74, 6) is 0. The van der Waals surface area contributed by atoms with E-state index in [1.165, 1.54) is 27.8 Å². The maximum Gasteiger partial charge on any atom is 0.137 e. The number of nitrogens with one attached hydrogen (secondary N) is 1. The molecule has 0 aliphatic rings. The van der Waals surface area contributed by atoms with Crippen LogP contribution >= 0.6 is 0 Å². The fraction of sp³-hybridized carbons (Fsp3) is 0.222. The predicted molar refractivity (Wildman–Crippen MR) is 84.0 cm³/mol. The molecule has 0 amide bonds. The van der Waals surface area contributed by atoms with Gasteiger partial charge in [0.25, 0.3) is 0 Å². The van der Waals surface area contributed by atoms with Crippen molar-refractivity contribution in [1.29, 1.82) is 0 Å². The van der Waals surface area contributed by atoms with Crippen LogP contribution in [0.3, 0.4) is 0 Å². The molecule has 1 aromatic carbocycles. The summed E-state index contributed by atoms with van der Waals surface area (Å²) < 4.78 is 0. The molecule has 0 unspecified atom stereocenters. The molecule has 0 spiro atoms. The molecule has 2 aromatic heterocycles. The zero-order valence-corrected chi connectivity index (χ0v) is 12.2. The van der Waals surface area contributed by atoms with Crippen LogP contribution in [0.25, 0.3) is 11.0 Å². The van der Waals surface area contributed by atoms with Gasteiger partial charge in [0.1, 0.15) is 5.65 Å². The third-order valence-electron chi connectivity index (χ3n) is 3.80. The van der Waals surface area contributed by atoms with Gasteiger partial charge in [0.15, 0.2) is 0 Å². The lowest BCUT2D eigenvalue weighted by molar-refractivity contribution is 1.10. The highest BCUT2D eigenvalue weighted by molar-refractivity contribution is 5.77. The standard InChI is InChI=1S/C18H19N2/c1-11-5-12(2)17(13(3)6-11)9-15-8-16-7-14(4)20-18(16)19-10-15/h5-8,10H,4,9H2,1-3H3,(H,19,20). The van der Waals surface area contributed by atoms with E-state index in [-0.39, 0.29) is 0 Å². The minimum Gasteiger partial charge on any atom is -0.343 e. The van der Waals surface area contributed by atoms with Crippen molar-refractivity contribution in [2.45, 2.75) is 27.2 Å². The summed E-state index contributed by atoms with van der Waals surface area (Å²) in [5, 5.41) is 1.13. The van der Waals surface area contributed by atoms with Gasteiger partial charge >= 0.3 is 0 Å². The normalized spacial score (nSPS) is 11.2. The van der Waals surface area contributed by atoms with Gasteiger partial charge in [0.2, 0.25) is 0 Å². The first kappa shape index (κ1) is 12.9. The molecule has 2 nitrogen and oxygen atoms in total. The van der Waals surface area contributed by atoms with Gasteiger partial charge in [-0.15, -0.1) is 0 Å². The van der Waals surface area contributed by atoms with Crippen LogP contribution in [0.4, 0.5) is 0 Å². The molecule has 0 aliphatic carbocycles. The van der Waals surface area contributed by atoms with E-state index in [9.17, 15) is 0 Å². The quantitative estimate of drug-likeness (QED) is 0.735. The van der Waals surface area contributed by atoms with Crippen molar-refractivity contribution in [3.05, 3.63) is 70.9 Å². The Labute approximate surface area is 119 Å². The number of H-pyrrole nitrogens is 1. The number of aromatic amines is 1. The third-order valence-corrected chi connectivity index (χ3v) is 3.80. The lowest BCUT2D eigenvalue weighted by Crippen LogP contribution is -1.97. The molecule has 0 fully saturated rings. The molecule has 2 heterocycles. The Morgan fingerprint density at radius 3 is 2.45 bits per heavy atom. The van der Waals surface area contributed by atoms with E-state index in [1.54, 1.807) is 0 Å². The van der Waals surface area contributed by atoms with Crippen LogP contribution in [0.5, 0.6) is 0 Å². The third kappa shape index (κ3) is 2.34. The second-order valence-corrected chi connectivity index (χ2v) is 5.63. The van der Waals surface area contributed by atoms with E-state index in [4.69, 9.17) is 0 Å². The number of hydrogen-bond acceptors (Lipinski definition) is 1. The molecule has 2 heteroatoms. The number of nitrogens with zero attached hydrogens (tertiary/aromatic N) is 1. The Kier molecular flexibility index (Phi) is 3.09. The van der Waals surface area contributed by atoms with Crippen LogP contribution in [-0.2, 0) is 6.42 Å². The van der Waals surface area contributed by atoms with Gasteiger partial charge in [-0.1, -0.05) is 17.7 Å². The van der Waals surface area contributed by atoms with Crippen LogP contribution in [0.2, 0.25) is 0 Å². The van der Waals surface area contributed by atoms with Crippen LogP contribution in [0.15, 0.2) is 30.5 Å². The largest absolute Gasteiger partial charge is 0.343 e. The molecule has 3 rings (SSSR count). The van der Waals surface area contributed by atoms with Crippen molar-refractivity contribution in [3.8, 4) is 0 Å². The zero-order valence-electron chi connectivity index (χ0n) is 12.2. The highest BCUT2D eigenvalue weighted by Crippen LogP contribution is 2.22. The molecule has 0 atom stereocenters. The molecular formula is C18H19N2. The maximum atomic E-state index is 4.48. The van der Waals surface area contributed by atoms with E-state index >= 15 is 0 Å². The SMILES string of the molecule is [CH2]c1cc2cc(Cc3c(C)cc(C)cc3C)cnc2[nH]1. The van der Waals surface area contributed by atoms with Gasteiger partial charge in [0, 0.05) is 17.3 Å². The van der Waals surface area contributed by atoms with E-state index in [0.717, 1.165) is 23.1 Å². The molecule has 3 aromatic rings. The van der Waals surface area contributed by atoms with Gasteiger partial charge in [0.05, 0.1) is 0 Å². The van der Waals surface area contributed by atoms with Crippen molar-refractivity contribution in [2.75, 3.05) is 0 Å². The van der Waals surface area contributed by atoms with Crippen LogP contribution in [0, 0.1) is 27.7 Å². The Hall–Kier alpha value is -2.09. The van der Waals surface area contributed by atoms with Crippen LogP contribution < -0.4 is 0 Å². The second-order valence-electron chi connectivity index (χ2n) is 5.63. The molecular weight excluding hydrogens is 244 g/mol. The average molecular weight is 263 g/mol. The summed E-state index contributed by atoms with van der Waals surface area (Å²) in [6, 6.07) is 8.74. The summed E-state index contributed by atoms with van der Waals surface area (Å²) in [4.78, 5) is 7.64. The van der Waals surface area contributed by atoms with Crippen LogP contribution in [-0.4, -0.2) is 9.97 Å². The fourth-order valence-corrected chi connectivity index (χ4v) is 2.91. The molecule has 0 bridgehead atoms. The van der Waals surface area contributed by atoms with E-state index in [0.29, 0.717) is 0 Å². The lowest BCUT2D eigenvalue weighted by Gasteiger charge is -2.11.